The summed E-state index contributed by atoms with van der Waals surface area (Å²) in [5.74, 6) is -1.63. The Morgan fingerprint density at radius 1 is 1.17 bits per heavy atom. The molecule has 1 saturated carbocycles. The van der Waals surface area contributed by atoms with E-state index in [-0.39, 0.29) is 41.1 Å². The van der Waals surface area contributed by atoms with Crippen LogP contribution >= 0.6 is 0 Å². The van der Waals surface area contributed by atoms with Gasteiger partial charge in [0.25, 0.3) is 0 Å². The number of hydrogen-bond donors (Lipinski definition) is 4. The number of aromatic carboxylic acids is 1. The first-order chi connectivity index (χ1) is 21.5. The van der Waals surface area contributed by atoms with E-state index in [4.69, 9.17) is 9.57 Å². The van der Waals surface area contributed by atoms with Gasteiger partial charge in [0, 0.05) is 42.9 Å². The molecule has 0 spiro atoms. The molecule has 0 bridgehead atoms. The molecule has 2 aromatic rings. The number of halogens is 1. The number of methoxy groups -OCH3 is 1. The Bertz CT molecular complexity index is 1430. The van der Waals surface area contributed by atoms with Gasteiger partial charge in [-0.3, -0.25) is 9.63 Å². The fourth-order valence-electron chi connectivity index (χ4n) is 7.25. The van der Waals surface area contributed by atoms with E-state index in [1.165, 1.54) is 36.4 Å². The second-order valence-corrected chi connectivity index (χ2v) is 14.0. The van der Waals surface area contributed by atoms with E-state index in [9.17, 15) is 24.9 Å². The number of carboxylic acid groups (broad SMARTS) is 1. The van der Waals surface area contributed by atoms with Crippen molar-refractivity contribution in [1.29, 1.82) is 0 Å². The van der Waals surface area contributed by atoms with E-state index in [0.29, 0.717) is 34.2 Å². The summed E-state index contributed by atoms with van der Waals surface area (Å²) in [6, 6.07) is 6.21. The van der Waals surface area contributed by atoms with Gasteiger partial charge in [-0.05, 0) is 72.4 Å². The number of aliphatic hydroxyl groups excluding tert-OH is 2. The molecule has 1 heterocycles. The number of aliphatic hydroxyl groups is 2. The van der Waals surface area contributed by atoms with Gasteiger partial charge >= 0.3 is 5.97 Å². The summed E-state index contributed by atoms with van der Waals surface area (Å²) in [6.07, 6.45) is -1.07. The van der Waals surface area contributed by atoms with E-state index in [2.05, 4.69) is 39.9 Å². The summed E-state index contributed by atoms with van der Waals surface area (Å²) in [4.78, 5) is 33.9. The van der Waals surface area contributed by atoms with Crippen LogP contribution in [0.3, 0.4) is 0 Å². The molecule has 2 aromatic carbocycles. The average Bonchev–Trinajstić information content (AvgIpc) is 3.37. The largest absolute Gasteiger partial charge is 0.496 e. The lowest BCUT2D eigenvalue weighted by Crippen LogP contribution is -2.56. The van der Waals surface area contributed by atoms with Gasteiger partial charge in [0.15, 0.2) is 0 Å². The number of carbonyl (C=O) groups excluding carboxylic acids is 1. The van der Waals surface area contributed by atoms with Crippen LogP contribution in [0.15, 0.2) is 30.3 Å². The highest BCUT2D eigenvalue weighted by atomic mass is 19.1. The molecule has 4 N–H and O–H groups in total. The predicted molar refractivity (Wildman–Crippen MR) is 174 cm³/mol. The zero-order valence-electron chi connectivity index (χ0n) is 28.4. The van der Waals surface area contributed by atoms with Crippen LogP contribution in [-0.4, -0.2) is 84.4 Å². The molecular formula is C35H50FN3O7. The molecule has 46 heavy (non-hydrogen) atoms. The van der Waals surface area contributed by atoms with Crippen molar-refractivity contribution < 1.29 is 38.9 Å². The van der Waals surface area contributed by atoms with Crippen LogP contribution in [0.5, 0.6) is 5.75 Å². The van der Waals surface area contributed by atoms with Crippen molar-refractivity contribution in [3.05, 3.63) is 47.3 Å². The van der Waals surface area contributed by atoms with Crippen molar-refractivity contribution in [2.45, 2.75) is 78.8 Å². The van der Waals surface area contributed by atoms with Gasteiger partial charge in [0.1, 0.15) is 23.7 Å². The average molecular weight is 644 g/mol. The highest BCUT2D eigenvalue weighted by molar-refractivity contribution is 5.92. The molecule has 254 valence electrons. The predicted octanol–water partition coefficient (Wildman–Crippen LogP) is 4.56. The number of anilines is 1. The van der Waals surface area contributed by atoms with Gasteiger partial charge in [-0.1, -0.05) is 34.6 Å². The number of nitrogens with zero attached hydrogens (tertiary/aromatic N) is 2. The van der Waals surface area contributed by atoms with E-state index in [1.54, 1.807) is 32.0 Å². The van der Waals surface area contributed by atoms with Gasteiger partial charge in [-0.15, -0.1) is 0 Å². The van der Waals surface area contributed by atoms with Crippen molar-refractivity contribution >= 4 is 17.6 Å². The second-order valence-electron chi connectivity index (χ2n) is 14.0. The Hall–Kier alpha value is -3.25. The number of amides is 1. The SMILES string of the molecule is COc1c(CN2O[C@@H](CO)[C@@H]([C@H](C)O)[C@H]2C(=O)N[C@H]2C[C@@H](C)C(C)(C)[C@@H](C)[C@@H]2C)cc(F)cc1-c1cc(C(=O)O)cc(N(C)C)c1. The number of rotatable bonds is 10. The van der Waals surface area contributed by atoms with E-state index in [0.717, 1.165) is 6.42 Å². The standard InChI is InChI=1S/C35H50FN3O7/c1-18-10-28(19(2)20(3)35(18,5)6)37-33(42)31-30(21(4)41)29(17-40)46-39(31)16-24-12-25(36)15-27(32(24)45-9)22-11-23(34(43)44)14-26(13-22)38(7)8/h11-15,18-21,28-31,40-41H,10,16-17H2,1-9H3,(H,37,42)(H,43,44)/t18-,19+,20+,21+,28+,29+,30-,31+/m1/s1. The fourth-order valence-corrected chi connectivity index (χ4v) is 7.25. The zero-order chi connectivity index (χ0) is 34.2. The van der Waals surface area contributed by atoms with Gasteiger partial charge in [-0.2, -0.15) is 5.06 Å². The second kappa shape index (κ2) is 13.9. The van der Waals surface area contributed by atoms with E-state index >= 15 is 4.39 Å². The summed E-state index contributed by atoms with van der Waals surface area (Å²) in [7, 11) is 5.00. The Balaban J connectivity index is 1.73. The maximum atomic E-state index is 15.3. The first kappa shape index (κ1) is 35.6. The molecule has 1 saturated heterocycles. The van der Waals surface area contributed by atoms with Crippen LogP contribution in [0.25, 0.3) is 11.1 Å². The Kier molecular flexibility index (Phi) is 10.7. The highest BCUT2D eigenvalue weighted by Crippen LogP contribution is 2.47. The summed E-state index contributed by atoms with van der Waals surface area (Å²) in [5, 5.41) is 35.4. The van der Waals surface area contributed by atoms with E-state index in [1.807, 2.05) is 0 Å². The molecule has 2 aliphatic rings. The normalized spacial score (nSPS) is 28.5. The summed E-state index contributed by atoms with van der Waals surface area (Å²) < 4.78 is 21.1. The lowest BCUT2D eigenvalue weighted by molar-refractivity contribution is -0.182. The molecule has 11 heteroatoms. The Labute approximate surface area is 271 Å². The minimum atomic E-state index is -1.13. The van der Waals surface area contributed by atoms with Crippen molar-refractivity contribution in [1.82, 2.24) is 10.4 Å². The van der Waals surface area contributed by atoms with Gasteiger partial charge in [0.2, 0.25) is 5.91 Å². The zero-order valence-corrected chi connectivity index (χ0v) is 28.4. The molecular weight excluding hydrogens is 593 g/mol. The summed E-state index contributed by atoms with van der Waals surface area (Å²) in [6.45, 7) is 12.1. The first-order valence-corrected chi connectivity index (χ1v) is 16.0. The van der Waals surface area contributed by atoms with Gasteiger partial charge < -0.3 is 30.3 Å². The number of hydroxylamine groups is 2. The quantitative estimate of drug-likeness (QED) is 0.294. The number of hydrogen-bond acceptors (Lipinski definition) is 8. The number of carbonyl (C=O) groups is 2. The smallest absolute Gasteiger partial charge is 0.335 e. The van der Waals surface area contributed by atoms with Crippen molar-refractivity contribution in [2.75, 3.05) is 32.7 Å². The minimum absolute atomic E-state index is 0.0307. The monoisotopic (exact) mass is 643 g/mol. The molecule has 0 unspecified atom stereocenters. The number of nitrogens with one attached hydrogen (secondary N) is 1. The number of ether oxygens (including phenoxy) is 1. The molecule has 4 rings (SSSR count). The lowest BCUT2D eigenvalue weighted by atomic mass is 9.58. The molecule has 2 fully saturated rings. The molecule has 1 aliphatic heterocycles. The fraction of sp³-hybridized carbons (Fsp3) is 0.600. The van der Waals surface area contributed by atoms with Crippen LogP contribution < -0.4 is 15.0 Å². The van der Waals surface area contributed by atoms with Crippen LogP contribution in [0.2, 0.25) is 0 Å². The number of benzene rings is 2. The molecule has 10 nitrogen and oxygen atoms in total. The lowest BCUT2D eigenvalue weighted by Gasteiger charge is -2.50. The van der Waals surface area contributed by atoms with Crippen molar-refractivity contribution in [2.24, 2.45) is 29.1 Å². The molecule has 1 amide bonds. The third kappa shape index (κ3) is 6.88. The topological polar surface area (TPSA) is 132 Å². The van der Waals surface area contributed by atoms with Gasteiger partial charge in [-0.25, -0.2) is 9.18 Å². The van der Waals surface area contributed by atoms with Gasteiger partial charge in [0.05, 0.1) is 31.9 Å². The highest BCUT2D eigenvalue weighted by Gasteiger charge is 2.51. The van der Waals surface area contributed by atoms with Crippen LogP contribution in [0, 0.1) is 34.9 Å². The first-order valence-electron chi connectivity index (χ1n) is 16.0. The molecule has 0 radical (unpaired) electrons. The summed E-state index contributed by atoms with van der Waals surface area (Å²) in [5.41, 5.74) is 1.86. The Morgan fingerprint density at radius 3 is 2.41 bits per heavy atom. The third-order valence-corrected chi connectivity index (χ3v) is 10.8. The summed E-state index contributed by atoms with van der Waals surface area (Å²) >= 11 is 0. The van der Waals surface area contributed by atoms with Crippen molar-refractivity contribution in [3.63, 3.8) is 0 Å². The van der Waals surface area contributed by atoms with E-state index < -0.39 is 42.6 Å². The molecule has 8 atom stereocenters. The number of carboxylic acids is 1. The maximum Gasteiger partial charge on any atom is 0.335 e. The van der Waals surface area contributed by atoms with Crippen molar-refractivity contribution in [3.8, 4) is 16.9 Å². The maximum absolute atomic E-state index is 15.3. The van der Waals surface area contributed by atoms with Crippen LogP contribution in [0.1, 0.15) is 63.9 Å². The minimum Gasteiger partial charge on any atom is -0.496 e. The Morgan fingerprint density at radius 2 is 1.85 bits per heavy atom. The molecule has 1 aliphatic carbocycles. The third-order valence-electron chi connectivity index (χ3n) is 10.8. The van der Waals surface area contributed by atoms with Crippen LogP contribution in [-0.2, 0) is 16.2 Å². The van der Waals surface area contributed by atoms with Crippen LogP contribution in [0.4, 0.5) is 10.1 Å². The molecule has 0 aromatic heterocycles.